The maximum Gasteiger partial charge on any atom is 0.407 e. The van der Waals surface area contributed by atoms with Gasteiger partial charge in [-0.25, -0.2) is 4.79 Å². The molecule has 1 heterocycles. The summed E-state index contributed by atoms with van der Waals surface area (Å²) in [6.45, 7) is 5.37. The van der Waals surface area contributed by atoms with E-state index in [4.69, 9.17) is 19.9 Å². The van der Waals surface area contributed by atoms with Crippen molar-refractivity contribution >= 4 is 6.09 Å². The van der Waals surface area contributed by atoms with Crippen LogP contribution in [0, 0.1) is 0 Å². The first-order valence-electron chi connectivity index (χ1n) is 7.14. The molecule has 9 nitrogen and oxygen atoms in total. The molecule has 1 rings (SSSR count). The van der Waals surface area contributed by atoms with Crippen LogP contribution >= 0.6 is 0 Å². The molecular formula is C13H26N2O7. The van der Waals surface area contributed by atoms with Gasteiger partial charge < -0.3 is 40.6 Å². The van der Waals surface area contributed by atoms with Crippen LogP contribution in [0.5, 0.6) is 0 Å². The second-order valence-corrected chi connectivity index (χ2v) is 6.05. The largest absolute Gasteiger partial charge is 0.444 e. The molecule has 22 heavy (non-hydrogen) atoms. The first kappa shape index (κ1) is 19.1. The molecule has 6 N–H and O–H groups in total. The van der Waals surface area contributed by atoms with Crippen molar-refractivity contribution < 1.29 is 34.3 Å². The molecule has 1 aliphatic rings. The fourth-order valence-corrected chi connectivity index (χ4v) is 1.89. The lowest BCUT2D eigenvalue weighted by Gasteiger charge is -2.39. The molecule has 0 radical (unpaired) electrons. The first-order valence-corrected chi connectivity index (χ1v) is 7.14. The highest BCUT2D eigenvalue weighted by molar-refractivity contribution is 5.67. The molecular weight excluding hydrogens is 296 g/mol. The van der Waals surface area contributed by atoms with E-state index in [2.05, 4.69) is 5.32 Å². The number of hydrogen-bond acceptors (Lipinski definition) is 8. The van der Waals surface area contributed by atoms with Crippen molar-refractivity contribution in [3.63, 3.8) is 0 Å². The lowest BCUT2D eigenvalue weighted by Crippen LogP contribution is -2.60. The van der Waals surface area contributed by atoms with E-state index < -0.39 is 42.4 Å². The number of carbonyl (C=O) groups is 1. The van der Waals surface area contributed by atoms with E-state index in [1.165, 1.54) is 0 Å². The van der Waals surface area contributed by atoms with Crippen molar-refractivity contribution in [2.24, 2.45) is 5.73 Å². The lowest BCUT2D eigenvalue weighted by molar-refractivity contribution is -0.293. The zero-order valence-corrected chi connectivity index (χ0v) is 13.1. The van der Waals surface area contributed by atoms with Gasteiger partial charge in [-0.3, -0.25) is 0 Å². The molecule has 1 aliphatic heterocycles. The zero-order chi connectivity index (χ0) is 16.9. The highest BCUT2D eigenvalue weighted by Gasteiger charge is 2.43. The summed E-state index contributed by atoms with van der Waals surface area (Å²) < 4.78 is 15.6. The quantitative estimate of drug-likeness (QED) is 0.377. The topological polar surface area (TPSA) is 144 Å². The SMILES string of the molecule is CC(C)(C)OC(=O)NCCO[C@H]1O[C@H](CN)[C@@H](O)[C@H](O)[C@@H]1O. The molecule has 0 bridgehead atoms. The van der Waals surface area contributed by atoms with Crippen molar-refractivity contribution in [2.45, 2.75) is 57.1 Å². The minimum atomic E-state index is -1.41. The first-order chi connectivity index (χ1) is 10.2. The van der Waals surface area contributed by atoms with Gasteiger partial charge in [-0.05, 0) is 20.8 Å². The van der Waals surface area contributed by atoms with Crippen molar-refractivity contribution in [3.8, 4) is 0 Å². The van der Waals surface area contributed by atoms with Crippen LogP contribution in [0.3, 0.4) is 0 Å². The maximum absolute atomic E-state index is 11.4. The second-order valence-electron chi connectivity index (χ2n) is 6.05. The summed E-state index contributed by atoms with van der Waals surface area (Å²) in [5.41, 5.74) is 4.81. The number of hydrogen-bond donors (Lipinski definition) is 5. The normalized spacial score (nSPS) is 32.6. The van der Waals surface area contributed by atoms with Gasteiger partial charge in [-0.1, -0.05) is 0 Å². The molecule has 1 amide bonds. The summed E-state index contributed by atoms with van der Waals surface area (Å²) in [4.78, 5) is 11.4. The minimum Gasteiger partial charge on any atom is -0.444 e. The molecule has 0 saturated carbocycles. The fourth-order valence-electron chi connectivity index (χ4n) is 1.89. The van der Waals surface area contributed by atoms with Crippen LogP contribution in [0.15, 0.2) is 0 Å². The molecule has 5 atom stereocenters. The Morgan fingerprint density at radius 2 is 1.86 bits per heavy atom. The monoisotopic (exact) mass is 322 g/mol. The minimum absolute atomic E-state index is 0.0268. The summed E-state index contributed by atoms with van der Waals surface area (Å²) in [6.07, 6.45) is -6.64. The number of nitrogens with two attached hydrogens (primary N) is 1. The summed E-state index contributed by atoms with van der Waals surface area (Å²) in [7, 11) is 0. The average Bonchev–Trinajstić information content (AvgIpc) is 2.41. The Bertz CT molecular complexity index is 359. The third kappa shape index (κ3) is 5.67. The van der Waals surface area contributed by atoms with E-state index in [0.717, 1.165) is 0 Å². The Kier molecular flexibility index (Phi) is 6.98. The van der Waals surface area contributed by atoms with E-state index in [1.807, 2.05) is 0 Å². The third-order valence-corrected chi connectivity index (χ3v) is 2.95. The average molecular weight is 322 g/mol. The number of alkyl carbamates (subject to hydrolysis) is 1. The fraction of sp³-hybridized carbons (Fsp3) is 0.923. The highest BCUT2D eigenvalue weighted by atomic mass is 16.7. The zero-order valence-electron chi connectivity index (χ0n) is 13.1. The smallest absolute Gasteiger partial charge is 0.407 e. The molecule has 0 spiro atoms. The summed E-state index contributed by atoms with van der Waals surface area (Å²) in [5.74, 6) is 0. The van der Waals surface area contributed by atoms with Gasteiger partial charge in [0.05, 0.1) is 6.61 Å². The van der Waals surface area contributed by atoms with Gasteiger partial charge in [-0.15, -0.1) is 0 Å². The van der Waals surface area contributed by atoms with Gasteiger partial charge in [0, 0.05) is 13.1 Å². The Morgan fingerprint density at radius 1 is 1.23 bits per heavy atom. The van der Waals surface area contributed by atoms with Crippen LogP contribution in [-0.4, -0.2) is 77.4 Å². The van der Waals surface area contributed by atoms with Crippen molar-refractivity contribution in [3.05, 3.63) is 0 Å². The molecule has 0 aromatic carbocycles. The number of amides is 1. The molecule has 9 heteroatoms. The van der Waals surface area contributed by atoms with Gasteiger partial charge in [0.2, 0.25) is 0 Å². The molecule has 0 aromatic rings. The van der Waals surface area contributed by atoms with Gasteiger partial charge >= 0.3 is 6.09 Å². The van der Waals surface area contributed by atoms with Crippen LogP contribution < -0.4 is 11.1 Å². The number of nitrogens with one attached hydrogen (secondary N) is 1. The molecule has 130 valence electrons. The van der Waals surface area contributed by atoms with E-state index >= 15 is 0 Å². The van der Waals surface area contributed by atoms with Gasteiger partial charge in [0.25, 0.3) is 0 Å². The molecule has 1 saturated heterocycles. The number of carbonyl (C=O) groups excluding carboxylic acids is 1. The number of aliphatic hydroxyl groups excluding tert-OH is 3. The standard InChI is InChI=1S/C13H26N2O7/c1-13(2,3)22-12(19)15-4-5-20-11-10(18)9(17)8(16)7(6-14)21-11/h7-11,16-18H,4-6,14H2,1-3H3,(H,15,19)/t7-,8-,9+,10+,11+/m1/s1. The van der Waals surface area contributed by atoms with Crippen LogP contribution in [0.25, 0.3) is 0 Å². The Labute approximate surface area is 129 Å². The predicted octanol–water partition coefficient (Wildman–Crippen LogP) is -1.71. The molecule has 0 aliphatic carbocycles. The number of aliphatic hydroxyl groups is 3. The Morgan fingerprint density at radius 3 is 2.41 bits per heavy atom. The van der Waals surface area contributed by atoms with E-state index in [-0.39, 0.29) is 19.7 Å². The van der Waals surface area contributed by atoms with Crippen molar-refractivity contribution in [1.82, 2.24) is 5.32 Å². The Balaban J connectivity index is 2.33. The second kappa shape index (κ2) is 8.04. The van der Waals surface area contributed by atoms with Gasteiger partial charge in [-0.2, -0.15) is 0 Å². The summed E-state index contributed by atoms with van der Waals surface area (Å²) in [5, 5.41) is 31.6. The summed E-state index contributed by atoms with van der Waals surface area (Å²) in [6, 6.07) is 0. The number of ether oxygens (including phenoxy) is 3. The molecule has 0 unspecified atom stereocenters. The van der Waals surface area contributed by atoms with Crippen LogP contribution in [0.1, 0.15) is 20.8 Å². The third-order valence-electron chi connectivity index (χ3n) is 2.95. The van der Waals surface area contributed by atoms with E-state index in [1.54, 1.807) is 20.8 Å². The van der Waals surface area contributed by atoms with E-state index in [0.29, 0.717) is 0 Å². The predicted molar refractivity (Wildman–Crippen MR) is 75.9 cm³/mol. The Hall–Kier alpha value is -0.970. The van der Waals surface area contributed by atoms with Crippen LogP contribution in [0.4, 0.5) is 4.79 Å². The molecule has 0 aromatic heterocycles. The maximum atomic E-state index is 11.4. The van der Waals surface area contributed by atoms with Gasteiger partial charge in [0.1, 0.15) is 30.0 Å². The molecule has 1 fully saturated rings. The van der Waals surface area contributed by atoms with Crippen molar-refractivity contribution in [2.75, 3.05) is 19.7 Å². The van der Waals surface area contributed by atoms with Crippen LogP contribution in [0.2, 0.25) is 0 Å². The van der Waals surface area contributed by atoms with E-state index in [9.17, 15) is 20.1 Å². The number of rotatable bonds is 5. The van der Waals surface area contributed by atoms with Gasteiger partial charge in [0.15, 0.2) is 6.29 Å². The van der Waals surface area contributed by atoms with Crippen LogP contribution in [-0.2, 0) is 14.2 Å². The lowest BCUT2D eigenvalue weighted by atomic mass is 9.99. The summed E-state index contributed by atoms with van der Waals surface area (Å²) >= 11 is 0. The highest BCUT2D eigenvalue weighted by Crippen LogP contribution is 2.21. The van der Waals surface area contributed by atoms with Crippen molar-refractivity contribution in [1.29, 1.82) is 0 Å².